The average Bonchev–Trinajstić information content (AvgIpc) is 2.47. The van der Waals surface area contributed by atoms with E-state index in [1.54, 1.807) is 0 Å². The van der Waals surface area contributed by atoms with Crippen molar-refractivity contribution in [1.82, 2.24) is 10.2 Å². The molecule has 1 heterocycles. The van der Waals surface area contributed by atoms with E-state index in [1.807, 2.05) is 11.9 Å². The number of hydrogen-bond donors (Lipinski definition) is 1. The molecule has 1 aromatic rings. The molecule has 0 aliphatic carbocycles. The topological polar surface area (TPSA) is 41.6 Å². The Bertz CT molecular complexity index is 417. The van der Waals surface area contributed by atoms with Gasteiger partial charge in [-0.15, -0.1) is 0 Å². The molecule has 1 aromatic carbocycles. The van der Waals surface area contributed by atoms with Crippen LogP contribution in [0, 0.1) is 0 Å². The Morgan fingerprint density at radius 1 is 1.37 bits per heavy atom. The fourth-order valence-corrected chi connectivity index (χ4v) is 2.31. The Morgan fingerprint density at radius 3 is 2.68 bits per heavy atom. The standard InChI is InChI=1S/C15H22N2O2/c1-3-12-4-6-13(7-5-12)14(16-2)10-17-8-9-19-11-15(17)18/h4-7,14,16H,3,8-11H2,1-2H3. The van der Waals surface area contributed by atoms with E-state index < -0.39 is 0 Å². The fourth-order valence-electron chi connectivity index (χ4n) is 2.31. The van der Waals surface area contributed by atoms with Gasteiger partial charge in [-0.3, -0.25) is 4.79 Å². The van der Waals surface area contributed by atoms with Gasteiger partial charge in [0.2, 0.25) is 5.91 Å². The number of ether oxygens (including phenoxy) is 1. The van der Waals surface area contributed by atoms with E-state index in [9.17, 15) is 4.79 Å². The molecule has 0 radical (unpaired) electrons. The first-order valence-corrected chi connectivity index (χ1v) is 6.86. The number of hydrogen-bond acceptors (Lipinski definition) is 3. The van der Waals surface area contributed by atoms with E-state index in [-0.39, 0.29) is 18.6 Å². The summed E-state index contributed by atoms with van der Waals surface area (Å²) in [5, 5.41) is 3.29. The number of carbonyl (C=O) groups is 1. The van der Waals surface area contributed by atoms with Crippen molar-refractivity contribution in [3.05, 3.63) is 35.4 Å². The average molecular weight is 262 g/mol. The van der Waals surface area contributed by atoms with Crippen molar-refractivity contribution in [3.8, 4) is 0 Å². The number of aryl methyl sites for hydroxylation is 1. The lowest BCUT2D eigenvalue weighted by molar-refractivity contribution is -0.143. The number of carbonyl (C=O) groups excluding carboxylic acids is 1. The van der Waals surface area contributed by atoms with Crippen molar-refractivity contribution in [3.63, 3.8) is 0 Å². The summed E-state index contributed by atoms with van der Waals surface area (Å²) >= 11 is 0. The fraction of sp³-hybridized carbons (Fsp3) is 0.533. The molecule has 1 unspecified atom stereocenters. The van der Waals surface area contributed by atoms with E-state index >= 15 is 0 Å². The summed E-state index contributed by atoms with van der Waals surface area (Å²) in [6, 6.07) is 8.77. The zero-order valence-corrected chi connectivity index (χ0v) is 11.7. The Kier molecular flexibility index (Phi) is 4.93. The van der Waals surface area contributed by atoms with Gasteiger partial charge in [0.1, 0.15) is 6.61 Å². The molecule has 1 aliphatic rings. The minimum Gasteiger partial charge on any atom is -0.370 e. The van der Waals surface area contributed by atoms with Crippen LogP contribution in [-0.2, 0) is 16.0 Å². The normalized spacial score (nSPS) is 17.6. The molecule has 1 N–H and O–H groups in total. The van der Waals surface area contributed by atoms with Gasteiger partial charge in [0, 0.05) is 19.1 Å². The number of morpholine rings is 1. The molecule has 1 aliphatic heterocycles. The van der Waals surface area contributed by atoms with Gasteiger partial charge in [0.25, 0.3) is 0 Å². The Balaban J connectivity index is 2.04. The molecule has 1 amide bonds. The number of amides is 1. The Morgan fingerprint density at radius 2 is 2.11 bits per heavy atom. The minimum absolute atomic E-state index is 0.0803. The zero-order valence-electron chi connectivity index (χ0n) is 11.7. The van der Waals surface area contributed by atoms with Gasteiger partial charge in [-0.05, 0) is 24.6 Å². The van der Waals surface area contributed by atoms with Crippen molar-refractivity contribution in [2.75, 3.05) is 33.4 Å². The van der Waals surface area contributed by atoms with Crippen molar-refractivity contribution >= 4 is 5.91 Å². The van der Waals surface area contributed by atoms with Crippen LogP contribution in [-0.4, -0.2) is 44.2 Å². The van der Waals surface area contributed by atoms with Crippen LogP contribution in [0.4, 0.5) is 0 Å². The summed E-state index contributed by atoms with van der Waals surface area (Å²) in [5.41, 5.74) is 2.56. The lowest BCUT2D eigenvalue weighted by Gasteiger charge is -2.30. The van der Waals surface area contributed by atoms with E-state index in [2.05, 4.69) is 36.5 Å². The molecule has 104 valence electrons. The molecule has 1 saturated heterocycles. The number of rotatable bonds is 5. The van der Waals surface area contributed by atoms with Gasteiger partial charge < -0.3 is 15.0 Å². The number of nitrogens with one attached hydrogen (secondary N) is 1. The number of benzene rings is 1. The summed E-state index contributed by atoms with van der Waals surface area (Å²) in [7, 11) is 1.93. The molecule has 0 bridgehead atoms. The molecular weight excluding hydrogens is 240 g/mol. The molecule has 1 atom stereocenters. The second kappa shape index (κ2) is 6.68. The smallest absolute Gasteiger partial charge is 0.248 e. The van der Waals surface area contributed by atoms with Gasteiger partial charge >= 0.3 is 0 Å². The van der Waals surface area contributed by atoms with E-state index in [1.165, 1.54) is 11.1 Å². The van der Waals surface area contributed by atoms with Crippen LogP contribution in [0.1, 0.15) is 24.1 Å². The van der Waals surface area contributed by atoms with E-state index in [0.29, 0.717) is 19.7 Å². The monoisotopic (exact) mass is 262 g/mol. The highest BCUT2D eigenvalue weighted by Gasteiger charge is 2.22. The van der Waals surface area contributed by atoms with Crippen LogP contribution in [0.3, 0.4) is 0 Å². The quantitative estimate of drug-likeness (QED) is 0.871. The molecule has 1 fully saturated rings. The van der Waals surface area contributed by atoms with E-state index in [4.69, 9.17) is 4.74 Å². The van der Waals surface area contributed by atoms with Gasteiger partial charge in [0.05, 0.1) is 6.61 Å². The molecule has 19 heavy (non-hydrogen) atoms. The maximum Gasteiger partial charge on any atom is 0.248 e. The Hall–Kier alpha value is -1.39. The van der Waals surface area contributed by atoms with Gasteiger partial charge in [0.15, 0.2) is 0 Å². The van der Waals surface area contributed by atoms with Crippen LogP contribution < -0.4 is 5.32 Å². The highest BCUT2D eigenvalue weighted by Crippen LogP contribution is 2.16. The molecular formula is C15H22N2O2. The Labute approximate surface area is 114 Å². The van der Waals surface area contributed by atoms with Crippen molar-refractivity contribution in [1.29, 1.82) is 0 Å². The largest absolute Gasteiger partial charge is 0.370 e. The highest BCUT2D eigenvalue weighted by molar-refractivity contribution is 5.78. The maximum absolute atomic E-state index is 11.8. The zero-order chi connectivity index (χ0) is 13.7. The predicted octanol–water partition coefficient (Wildman–Crippen LogP) is 1.37. The summed E-state index contributed by atoms with van der Waals surface area (Å²) in [4.78, 5) is 13.6. The van der Waals surface area contributed by atoms with Gasteiger partial charge in [-0.1, -0.05) is 31.2 Å². The number of nitrogens with zero attached hydrogens (tertiary/aromatic N) is 1. The van der Waals surface area contributed by atoms with Crippen molar-refractivity contribution in [2.24, 2.45) is 0 Å². The third-order valence-corrected chi connectivity index (χ3v) is 3.63. The lowest BCUT2D eigenvalue weighted by Crippen LogP contribution is -2.45. The molecule has 0 aromatic heterocycles. The minimum atomic E-state index is 0.0803. The van der Waals surface area contributed by atoms with Crippen LogP contribution in [0.15, 0.2) is 24.3 Å². The molecule has 2 rings (SSSR count). The van der Waals surface area contributed by atoms with Crippen molar-refractivity contribution in [2.45, 2.75) is 19.4 Å². The molecule has 0 spiro atoms. The SMILES string of the molecule is CCc1ccc(C(CN2CCOCC2=O)NC)cc1. The third kappa shape index (κ3) is 3.55. The van der Waals surface area contributed by atoms with Crippen molar-refractivity contribution < 1.29 is 9.53 Å². The molecule has 0 saturated carbocycles. The van der Waals surface area contributed by atoms with Crippen LogP contribution in [0.5, 0.6) is 0 Å². The summed E-state index contributed by atoms with van der Waals surface area (Å²) in [6.45, 7) is 4.38. The van der Waals surface area contributed by atoms with Crippen LogP contribution >= 0.6 is 0 Å². The summed E-state index contributed by atoms with van der Waals surface area (Å²) in [5.74, 6) is 0.0803. The number of likely N-dealkylation sites (N-methyl/N-ethyl adjacent to an activating group) is 1. The van der Waals surface area contributed by atoms with Crippen LogP contribution in [0.2, 0.25) is 0 Å². The van der Waals surface area contributed by atoms with Gasteiger partial charge in [-0.25, -0.2) is 0 Å². The molecule has 4 heteroatoms. The van der Waals surface area contributed by atoms with Crippen LogP contribution in [0.25, 0.3) is 0 Å². The van der Waals surface area contributed by atoms with Gasteiger partial charge in [-0.2, -0.15) is 0 Å². The molecule has 4 nitrogen and oxygen atoms in total. The first-order valence-electron chi connectivity index (χ1n) is 6.86. The highest BCUT2D eigenvalue weighted by atomic mass is 16.5. The summed E-state index contributed by atoms with van der Waals surface area (Å²) < 4.78 is 5.15. The first-order chi connectivity index (χ1) is 9.24. The van der Waals surface area contributed by atoms with E-state index in [0.717, 1.165) is 6.42 Å². The lowest BCUT2D eigenvalue weighted by atomic mass is 10.0. The third-order valence-electron chi connectivity index (χ3n) is 3.63. The first kappa shape index (κ1) is 14.0. The second-order valence-electron chi connectivity index (χ2n) is 4.83. The maximum atomic E-state index is 11.8. The summed E-state index contributed by atoms with van der Waals surface area (Å²) in [6.07, 6.45) is 1.05. The predicted molar refractivity (Wildman–Crippen MR) is 75.0 cm³/mol. The second-order valence-corrected chi connectivity index (χ2v) is 4.83.